The zero-order valence-corrected chi connectivity index (χ0v) is 8.26. The average molecular weight is 174 g/mol. The quantitative estimate of drug-likeness (QED) is 0.647. The Morgan fingerprint density at radius 3 is 2.08 bits per heavy atom. The Labute approximate surface area is 79.4 Å². The lowest BCUT2D eigenvalue weighted by molar-refractivity contribution is 0.237. The lowest BCUT2D eigenvalue weighted by Crippen LogP contribution is -2.00. The second-order valence-electron chi connectivity index (χ2n) is 3.38. The molecule has 68 valence electrons. The molecular weight excluding hydrogens is 160 g/mol. The highest BCUT2D eigenvalue weighted by Crippen LogP contribution is 2.22. The molecule has 1 aromatic rings. The van der Waals surface area contributed by atoms with Crippen molar-refractivity contribution in [3.05, 3.63) is 34.4 Å². The zero-order chi connectivity index (χ0) is 10.0. The van der Waals surface area contributed by atoms with Crippen molar-refractivity contribution in [2.75, 3.05) is 0 Å². The van der Waals surface area contributed by atoms with Crippen LogP contribution in [0.4, 0.5) is 0 Å². The normalized spacial score (nSPS) is 12.2. The zero-order valence-electron chi connectivity index (χ0n) is 8.26. The van der Waals surface area contributed by atoms with E-state index in [2.05, 4.69) is 5.92 Å². The monoisotopic (exact) mass is 174 g/mol. The van der Waals surface area contributed by atoms with Crippen molar-refractivity contribution in [2.24, 2.45) is 0 Å². The molecule has 1 N–H and O–H groups in total. The highest BCUT2D eigenvalue weighted by molar-refractivity contribution is 5.41. The maximum atomic E-state index is 9.55. The fourth-order valence-corrected chi connectivity index (χ4v) is 1.71. The van der Waals surface area contributed by atoms with E-state index in [-0.39, 0.29) is 0 Å². The summed E-state index contributed by atoms with van der Waals surface area (Å²) >= 11 is 0. The van der Waals surface area contributed by atoms with Gasteiger partial charge in [-0.15, -0.1) is 6.42 Å². The van der Waals surface area contributed by atoms with Crippen LogP contribution >= 0.6 is 0 Å². The molecule has 1 atom stereocenters. The molecule has 0 bridgehead atoms. The molecule has 13 heavy (non-hydrogen) atoms. The minimum Gasteiger partial charge on any atom is -0.376 e. The van der Waals surface area contributed by atoms with Gasteiger partial charge < -0.3 is 5.11 Å². The summed E-state index contributed by atoms with van der Waals surface area (Å²) in [5.74, 6) is 2.34. The summed E-state index contributed by atoms with van der Waals surface area (Å²) < 4.78 is 0. The topological polar surface area (TPSA) is 20.2 Å². The van der Waals surface area contributed by atoms with E-state index in [4.69, 9.17) is 6.42 Å². The van der Waals surface area contributed by atoms with Gasteiger partial charge in [0.2, 0.25) is 0 Å². The highest BCUT2D eigenvalue weighted by atomic mass is 16.3. The van der Waals surface area contributed by atoms with Crippen LogP contribution in [0.5, 0.6) is 0 Å². The molecule has 0 aromatic heterocycles. The Bertz CT molecular complexity index is 335. The fraction of sp³-hybridized carbons (Fsp3) is 0.333. The minimum atomic E-state index is -0.777. The molecule has 0 aliphatic carbocycles. The van der Waals surface area contributed by atoms with E-state index in [1.54, 1.807) is 0 Å². The third-order valence-corrected chi connectivity index (χ3v) is 2.17. The van der Waals surface area contributed by atoms with Gasteiger partial charge in [0.05, 0.1) is 0 Å². The molecule has 0 amide bonds. The molecule has 0 aliphatic rings. The van der Waals surface area contributed by atoms with Crippen LogP contribution in [-0.2, 0) is 0 Å². The predicted octanol–water partition coefficient (Wildman–Crippen LogP) is 2.28. The molecule has 0 spiro atoms. The number of hydrogen-bond donors (Lipinski definition) is 1. The van der Waals surface area contributed by atoms with E-state index in [1.807, 2.05) is 32.9 Å². The Morgan fingerprint density at radius 2 is 1.69 bits per heavy atom. The van der Waals surface area contributed by atoms with Crippen molar-refractivity contribution in [3.8, 4) is 12.3 Å². The van der Waals surface area contributed by atoms with Gasteiger partial charge in [0, 0.05) is 0 Å². The number of terminal acetylenes is 1. The number of aliphatic hydroxyl groups is 1. The summed E-state index contributed by atoms with van der Waals surface area (Å²) in [4.78, 5) is 0. The highest BCUT2D eigenvalue weighted by Gasteiger charge is 2.10. The first kappa shape index (κ1) is 9.83. The smallest absolute Gasteiger partial charge is 0.140 e. The Morgan fingerprint density at radius 1 is 1.23 bits per heavy atom. The Balaban J connectivity index is 3.30. The maximum Gasteiger partial charge on any atom is 0.140 e. The molecule has 0 saturated carbocycles. The van der Waals surface area contributed by atoms with E-state index < -0.39 is 6.10 Å². The maximum absolute atomic E-state index is 9.55. The van der Waals surface area contributed by atoms with Crippen LogP contribution < -0.4 is 0 Å². The molecule has 0 saturated heterocycles. The van der Waals surface area contributed by atoms with Crippen LogP contribution in [0.2, 0.25) is 0 Å². The SMILES string of the molecule is C#C[C@H](O)c1c(C)cc(C)cc1C. The number of benzene rings is 1. The van der Waals surface area contributed by atoms with Crippen molar-refractivity contribution in [1.29, 1.82) is 0 Å². The van der Waals surface area contributed by atoms with Crippen molar-refractivity contribution in [1.82, 2.24) is 0 Å². The van der Waals surface area contributed by atoms with Gasteiger partial charge in [-0.1, -0.05) is 23.6 Å². The first-order chi connectivity index (χ1) is 6.06. The second kappa shape index (κ2) is 3.64. The van der Waals surface area contributed by atoms with E-state index >= 15 is 0 Å². The standard InChI is InChI=1S/C12H14O/c1-5-11(13)12-9(3)6-8(2)7-10(12)4/h1,6-7,11,13H,2-4H3/t11-/m0/s1. The summed E-state index contributed by atoms with van der Waals surface area (Å²) in [6, 6.07) is 4.06. The molecule has 1 nitrogen and oxygen atoms in total. The third kappa shape index (κ3) is 1.91. The molecule has 1 heteroatoms. The van der Waals surface area contributed by atoms with Crippen molar-refractivity contribution >= 4 is 0 Å². The molecule has 0 heterocycles. The van der Waals surface area contributed by atoms with Crippen LogP contribution in [0.3, 0.4) is 0 Å². The average Bonchev–Trinajstić information content (AvgIpc) is 2.02. The molecule has 1 rings (SSSR count). The van der Waals surface area contributed by atoms with Crippen molar-refractivity contribution < 1.29 is 5.11 Å². The predicted molar refractivity (Wildman–Crippen MR) is 54.4 cm³/mol. The summed E-state index contributed by atoms with van der Waals surface area (Å²) in [5, 5.41) is 9.55. The summed E-state index contributed by atoms with van der Waals surface area (Å²) in [5.41, 5.74) is 4.18. The van der Waals surface area contributed by atoms with Gasteiger partial charge in [-0.3, -0.25) is 0 Å². The number of rotatable bonds is 1. The molecule has 0 unspecified atom stereocenters. The van der Waals surface area contributed by atoms with Gasteiger partial charge in [0.1, 0.15) is 6.10 Å². The van der Waals surface area contributed by atoms with E-state index in [1.165, 1.54) is 5.56 Å². The first-order valence-electron chi connectivity index (χ1n) is 4.28. The Hall–Kier alpha value is -1.26. The van der Waals surface area contributed by atoms with Crippen LogP contribution in [0.25, 0.3) is 0 Å². The minimum absolute atomic E-state index is 0.777. The summed E-state index contributed by atoms with van der Waals surface area (Å²) in [6.45, 7) is 5.97. The third-order valence-electron chi connectivity index (χ3n) is 2.17. The molecular formula is C12H14O. The first-order valence-corrected chi connectivity index (χ1v) is 4.28. The van der Waals surface area contributed by atoms with Gasteiger partial charge >= 0.3 is 0 Å². The van der Waals surface area contributed by atoms with Crippen LogP contribution in [0.15, 0.2) is 12.1 Å². The summed E-state index contributed by atoms with van der Waals surface area (Å²) in [7, 11) is 0. The van der Waals surface area contributed by atoms with Crippen LogP contribution in [0, 0.1) is 33.1 Å². The summed E-state index contributed by atoms with van der Waals surface area (Å²) in [6.07, 6.45) is 4.40. The lowest BCUT2D eigenvalue weighted by atomic mass is 9.96. The number of aliphatic hydroxyl groups excluding tert-OH is 1. The van der Waals surface area contributed by atoms with Crippen LogP contribution in [0.1, 0.15) is 28.4 Å². The molecule has 0 aliphatic heterocycles. The van der Waals surface area contributed by atoms with E-state index in [0.717, 1.165) is 16.7 Å². The lowest BCUT2D eigenvalue weighted by Gasteiger charge is -2.12. The number of aryl methyl sites for hydroxylation is 3. The molecule has 0 fully saturated rings. The van der Waals surface area contributed by atoms with Gasteiger partial charge in [-0.05, 0) is 37.5 Å². The second-order valence-corrected chi connectivity index (χ2v) is 3.38. The van der Waals surface area contributed by atoms with Gasteiger partial charge in [-0.25, -0.2) is 0 Å². The fourth-order valence-electron chi connectivity index (χ4n) is 1.71. The van der Waals surface area contributed by atoms with Gasteiger partial charge in [-0.2, -0.15) is 0 Å². The van der Waals surface area contributed by atoms with Crippen LogP contribution in [-0.4, -0.2) is 5.11 Å². The van der Waals surface area contributed by atoms with E-state index in [9.17, 15) is 5.11 Å². The van der Waals surface area contributed by atoms with Crippen molar-refractivity contribution in [2.45, 2.75) is 26.9 Å². The molecule has 0 radical (unpaired) electrons. The van der Waals surface area contributed by atoms with Gasteiger partial charge in [0.25, 0.3) is 0 Å². The number of hydrogen-bond acceptors (Lipinski definition) is 1. The van der Waals surface area contributed by atoms with E-state index in [0.29, 0.717) is 0 Å². The van der Waals surface area contributed by atoms with Gasteiger partial charge in [0.15, 0.2) is 0 Å². The largest absolute Gasteiger partial charge is 0.376 e. The van der Waals surface area contributed by atoms with Crippen molar-refractivity contribution in [3.63, 3.8) is 0 Å². The Kier molecular flexibility index (Phi) is 2.75. The molecule has 1 aromatic carbocycles.